The minimum Gasteiger partial charge on any atom is -0.396 e. The summed E-state index contributed by atoms with van der Waals surface area (Å²) in [5.41, 5.74) is 9.38. The molecule has 452 valence electrons. The molecule has 23 unspecified atom stereocenters. The highest BCUT2D eigenvalue weighted by Crippen LogP contribution is 2.82. The van der Waals surface area contributed by atoms with Gasteiger partial charge >= 0.3 is 0 Å². The van der Waals surface area contributed by atoms with Gasteiger partial charge in [-0.25, -0.2) is 4.98 Å². The molecule has 82 heavy (non-hydrogen) atoms. The molecule has 1 saturated heterocycles. The number of aromatic nitrogens is 2. The Morgan fingerprint density at radius 2 is 1.68 bits per heavy atom. The minimum atomic E-state index is -1.77. The molecule has 16 heteroatoms. The lowest BCUT2D eigenvalue weighted by molar-refractivity contribution is -0.220. The fraction of sp³-hybridized carbons (Fsp3) is 0.833. The maximum Gasteiger partial charge on any atom is 0.190 e. The van der Waals surface area contributed by atoms with Crippen molar-refractivity contribution < 1.29 is 40.5 Å². The molecule has 2 heterocycles. The molecular formula is C66H98N6O8S2. The first-order chi connectivity index (χ1) is 39.3. The number of carbonyl (C=O) groups is 1. The van der Waals surface area contributed by atoms with Gasteiger partial charge in [-0.1, -0.05) is 83.9 Å². The molecule has 0 amide bonds. The average molecular weight is 1170 g/mol. The van der Waals surface area contributed by atoms with Gasteiger partial charge < -0.3 is 56.7 Å². The van der Waals surface area contributed by atoms with Crippen LogP contribution in [0.15, 0.2) is 57.7 Å². The van der Waals surface area contributed by atoms with Crippen LogP contribution in [0.1, 0.15) is 169 Å². The van der Waals surface area contributed by atoms with Gasteiger partial charge in [0, 0.05) is 77.0 Å². The number of hydrogen-bond acceptors (Lipinski definition) is 13. The van der Waals surface area contributed by atoms with Crippen LogP contribution in [0.25, 0.3) is 0 Å². The van der Waals surface area contributed by atoms with Crippen molar-refractivity contribution in [3.8, 4) is 0 Å². The summed E-state index contributed by atoms with van der Waals surface area (Å²) in [5, 5.41) is 97.2. The molecule has 0 radical (unpaired) electrons. The molecule has 23 atom stereocenters. The highest BCUT2D eigenvalue weighted by atomic mass is 33.1. The zero-order valence-electron chi connectivity index (χ0n) is 49.7. The molecule has 0 aromatic carbocycles. The van der Waals surface area contributed by atoms with Gasteiger partial charge in [-0.15, -0.1) is 0 Å². The van der Waals surface area contributed by atoms with Gasteiger partial charge in [0.25, 0.3) is 0 Å². The Labute approximate surface area is 495 Å². The molecule has 1 aliphatic heterocycles. The van der Waals surface area contributed by atoms with Crippen molar-refractivity contribution in [1.29, 1.82) is 0 Å². The number of fused-ring (bicyclic) bond motifs is 12. The lowest BCUT2D eigenvalue weighted by Gasteiger charge is -2.68. The van der Waals surface area contributed by atoms with Gasteiger partial charge in [-0.3, -0.25) is 9.79 Å². The fourth-order valence-electron chi connectivity index (χ4n) is 25.1. The number of aliphatic hydroxyl groups excluding tert-OH is 6. The van der Waals surface area contributed by atoms with Gasteiger partial charge in [0.15, 0.2) is 11.7 Å². The third-order valence-corrected chi connectivity index (χ3v) is 30.6. The van der Waals surface area contributed by atoms with Crippen molar-refractivity contribution in [1.82, 2.24) is 20.2 Å². The summed E-state index contributed by atoms with van der Waals surface area (Å²) in [6, 6.07) is 0.0726. The number of nitrogens with one attached hydrogen (secondary N) is 2. The number of imidazole rings is 1. The first-order valence-corrected chi connectivity index (χ1v) is 35.0. The highest BCUT2D eigenvalue weighted by molar-refractivity contribution is 8.77. The second kappa shape index (κ2) is 20.4. The fourth-order valence-corrected chi connectivity index (χ4v) is 29.3. The maximum atomic E-state index is 16.0. The van der Waals surface area contributed by atoms with Crippen molar-refractivity contribution in [2.75, 3.05) is 32.5 Å². The first kappa shape index (κ1) is 57.5. The van der Waals surface area contributed by atoms with E-state index in [2.05, 4.69) is 42.2 Å². The van der Waals surface area contributed by atoms with Gasteiger partial charge in [0.05, 0.1) is 43.0 Å². The molecule has 3 spiro atoms. The zero-order chi connectivity index (χ0) is 57.3. The van der Waals surface area contributed by atoms with E-state index in [9.17, 15) is 30.6 Å². The van der Waals surface area contributed by atoms with Crippen molar-refractivity contribution in [3.63, 3.8) is 0 Å². The largest absolute Gasteiger partial charge is 0.396 e. The Morgan fingerprint density at radius 3 is 2.40 bits per heavy atom. The van der Waals surface area contributed by atoms with E-state index in [1.807, 2.05) is 41.2 Å². The Bertz CT molecular complexity index is 2800. The monoisotopic (exact) mass is 1170 g/mol. The zero-order valence-corrected chi connectivity index (χ0v) is 51.3. The van der Waals surface area contributed by atoms with Crippen LogP contribution in [-0.2, 0) is 4.79 Å². The highest BCUT2D eigenvalue weighted by Gasteiger charge is 2.83. The van der Waals surface area contributed by atoms with Crippen LogP contribution in [-0.4, -0.2) is 131 Å². The number of aliphatic imine (C=N–C) groups is 1. The van der Waals surface area contributed by atoms with Gasteiger partial charge in [0.2, 0.25) is 0 Å². The number of aliphatic hydroxyl groups is 7. The Hall–Kier alpha value is -2.25. The summed E-state index contributed by atoms with van der Waals surface area (Å²) in [6.07, 6.45) is 23.1. The standard InChI is InChI=1S/C66H98N6O8S2/c1-35(74)71-59(67)70-31-42-44-15-14-39-38-11-8-12-40-50(38)52-56(41-13-9-19-62(53(40)41)17-6-7-18-62)60(2,3)27-36(72-24-23-69-34-72)32-81-82-65(21-10-20-63(65)22-16-37(75)28-63)49-26-45(51(39)58(52)79)64(44,33-73)66(49,80)46-25-47(76)55-43(30-68-5)57(78)48(77)29-61(55,4)54(42)46/h23-25,34-39,42-45,48-49,51-55,57-58,68,73-75,77-80H,6-22,26-33H2,1-5H3,(H3,67,70,71). The molecular weight excluding hydrogens is 1070 g/mol. The second-order valence-electron chi connectivity index (χ2n) is 30.7. The molecule has 13 aliphatic rings. The van der Waals surface area contributed by atoms with E-state index >= 15 is 9.90 Å². The predicted octanol–water partition coefficient (Wildman–Crippen LogP) is 8.02. The quantitative estimate of drug-likeness (QED) is 0.0409. The minimum absolute atomic E-state index is 0.0726. The van der Waals surface area contributed by atoms with E-state index in [-0.39, 0.29) is 89.1 Å². The summed E-state index contributed by atoms with van der Waals surface area (Å²) in [5.74, 6) is -2.40. The average Bonchev–Trinajstić information content (AvgIpc) is 1.40. The molecule has 11 N–H and O–H groups in total. The van der Waals surface area contributed by atoms with Crippen molar-refractivity contribution >= 4 is 33.3 Å². The number of guanidine groups is 1. The second-order valence-corrected chi connectivity index (χ2v) is 33.4. The van der Waals surface area contributed by atoms with E-state index in [4.69, 9.17) is 15.7 Å². The molecule has 1 aromatic rings. The molecule has 9 saturated carbocycles. The summed E-state index contributed by atoms with van der Waals surface area (Å²) in [4.78, 5) is 25.8. The van der Waals surface area contributed by atoms with Gasteiger partial charge in [-0.2, -0.15) is 0 Å². The van der Waals surface area contributed by atoms with Crippen LogP contribution in [0.2, 0.25) is 0 Å². The number of nitrogens with zero attached hydrogens (tertiary/aromatic N) is 3. The van der Waals surface area contributed by atoms with Crippen LogP contribution < -0.4 is 16.4 Å². The number of carbonyl (C=O) groups excluding carboxylic acids is 1. The molecule has 14 nitrogen and oxygen atoms in total. The number of nitrogens with two attached hydrogens (primary N) is 1. The van der Waals surface area contributed by atoms with E-state index in [0.29, 0.717) is 43.7 Å². The Morgan fingerprint density at radius 1 is 0.902 bits per heavy atom. The number of allylic oxidation sites excluding steroid dienone is 3. The molecule has 14 rings (SSSR count). The third kappa shape index (κ3) is 7.77. The van der Waals surface area contributed by atoms with Crippen molar-refractivity contribution in [2.45, 2.75) is 210 Å². The van der Waals surface area contributed by atoms with E-state index in [1.54, 1.807) is 29.7 Å². The normalized spacial score (nSPS) is 49.4. The first-order valence-electron chi connectivity index (χ1n) is 32.7. The van der Waals surface area contributed by atoms with Crippen LogP contribution >= 0.6 is 21.6 Å². The van der Waals surface area contributed by atoms with Crippen LogP contribution in [0.4, 0.5) is 0 Å². The predicted molar refractivity (Wildman–Crippen MR) is 321 cm³/mol. The summed E-state index contributed by atoms with van der Waals surface area (Å²) >= 11 is 0. The summed E-state index contributed by atoms with van der Waals surface area (Å²) < 4.78 is 1.73. The van der Waals surface area contributed by atoms with E-state index in [0.717, 1.165) is 70.0 Å². The van der Waals surface area contributed by atoms with Crippen LogP contribution in [0.3, 0.4) is 0 Å². The summed E-state index contributed by atoms with van der Waals surface area (Å²) in [6.45, 7) is 8.94. The Kier molecular flexibility index (Phi) is 14.3. The smallest absolute Gasteiger partial charge is 0.190 e. The number of hydrogen-bond donors (Lipinski definition) is 10. The summed E-state index contributed by atoms with van der Waals surface area (Å²) in [7, 11) is 5.72. The van der Waals surface area contributed by atoms with Crippen LogP contribution in [0.5, 0.6) is 0 Å². The van der Waals surface area contributed by atoms with Gasteiger partial charge in [-0.05, 0) is 204 Å². The van der Waals surface area contributed by atoms with Crippen molar-refractivity contribution in [2.24, 2.45) is 109 Å². The lowest BCUT2D eigenvalue weighted by Crippen LogP contribution is -2.72. The molecule has 10 fully saturated rings. The molecule has 1 aromatic heterocycles. The van der Waals surface area contributed by atoms with Crippen molar-refractivity contribution in [3.05, 3.63) is 52.7 Å². The van der Waals surface area contributed by atoms with E-state index in [1.165, 1.54) is 44.1 Å². The Balaban J connectivity index is 1.06. The molecule has 4 bridgehead atoms. The molecule has 12 aliphatic carbocycles. The van der Waals surface area contributed by atoms with Gasteiger partial charge in [0.1, 0.15) is 6.23 Å². The number of rotatable bonds is 7. The third-order valence-electron chi connectivity index (χ3n) is 27.1. The topological polar surface area (TPSA) is 239 Å². The lowest BCUT2D eigenvalue weighted by atomic mass is 9.38. The van der Waals surface area contributed by atoms with E-state index < -0.39 is 81.4 Å². The van der Waals surface area contributed by atoms with Crippen LogP contribution in [0, 0.1) is 98.1 Å². The SMILES string of the molecule is CNCC1C(O)C(O)CC2(C)C1C(=O)C=C1C2C(CN=C(N)NC(C)O)C2CCC3C4CCCC5=C4C4C(=C6CCCC7(CCCC7)C56)C(C)(C)CC(n5ccnc5)CSSC5(CCCC56CCC(O)C6)C5CC(C3C4O)C2(CO)C15O. The maximum absolute atomic E-state index is 16.0. The number of ketones is 1.